The Morgan fingerprint density at radius 1 is 1.32 bits per heavy atom. The van der Waals surface area contributed by atoms with E-state index in [1.807, 2.05) is 12.1 Å². The van der Waals surface area contributed by atoms with Gasteiger partial charge in [0.05, 0.1) is 49.4 Å². The molecule has 1 aromatic heterocycles. The van der Waals surface area contributed by atoms with Gasteiger partial charge < -0.3 is 19.7 Å². The number of carbonyl (C=O) groups is 2. The normalized spacial score (nSPS) is 19.3. The van der Waals surface area contributed by atoms with Crippen LogP contribution in [0.1, 0.15) is 45.2 Å². The molecular weight excluding hydrogens is 360 g/mol. The minimum absolute atomic E-state index is 0.123. The Morgan fingerprint density at radius 2 is 2.14 bits per heavy atom. The van der Waals surface area contributed by atoms with Crippen LogP contribution in [0.15, 0.2) is 30.5 Å². The molecule has 148 valence electrons. The topological polar surface area (TPSA) is 96.6 Å². The molecule has 1 saturated heterocycles. The number of aromatic nitrogens is 2. The van der Waals surface area contributed by atoms with Crippen LogP contribution >= 0.6 is 0 Å². The van der Waals surface area contributed by atoms with Gasteiger partial charge >= 0.3 is 0 Å². The lowest BCUT2D eigenvalue weighted by atomic mass is 10.1. The van der Waals surface area contributed by atoms with Gasteiger partial charge in [0.2, 0.25) is 0 Å². The third-order valence-electron chi connectivity index (χ3n) is 5.22. The van der Waals surface area contributed by atoms with Crippen LogP contribution in [0.5, 0.6) is 5.75 Å². The summed E-state index contributed by atoms with van der Waals surface area (Å²) in [5, 5.41) is 9.88. The van der Waals surface area contributed by atoms with Gasteiger partial charge in [-0.3, -0.25) is 14.7 Å². The largest absolute Gasteiger partial charge is 0.496 e. The number of hydrogen-bond donors (Lipinski definition) is 2. The van der Waals surface area contributed by atoms with Crippen molar-refractivity contribution in [3.05, 3.63) is 47.3 Å². The first-order valence-corrected chi connectivity index (χ1v) is 9.52. The Labute approximate surface area is 163 Å². The van der Waals surface area contributed by atoms with Crippen molar-refractivity contribution in [1.29, 1.82) is 0 Å². The molecule has 0 radical (unpaired) electrons. The van der Waals surface area contributed by atoms with Gasteiger partial charge in [-0.05, 0) is 25.0 Å². The molecule has 2 aromatic rings. The highest BCUT2D eigenvalue weighted by Crippen LogP contribution is 2.40. The number of H-pyrrole nitrogens is 1. The molecule has 2 fully saturated rings. The van der Waals surface area contributed by atoms with Gasteiger partial charge in [-0.2, -0.15) is 5.10 Å². The van der Waals surface area contributed by atoms with Gasteiger partial charge in [0.1, 0.15) is 5.75 Å². The molecule has 28 heavy (non-hydrogen) atoms. The first kappa shape index (κ1) is 18.5. The lowest BCUT2D eigenvalue weighted by molar-refractivity contribution is -0.00144. The van der Waals surface area contributed by atoms with E-state index in [1.54, 1.807) is 30.3 Å². The molecule has 8 nitrogen and oxygen atoms in total. The number of morpholine rings is 1. The number of benzene rings is 1. The number of rotatable bonds is 6. The molecule has 1 saturated carbocycles. The Morgan fingerprint density at radius 3 is 2.93 bits per heavy atom. The summed E-state index contributed by atoms with van der Waals surface area (Å²) < 4.78 is 10.9. The monoisotopic (exact) mass is 384 g/mol. The highest BCUT2D eigenvalue weighted by atomic mass is 16.5. The fourth-order valence-electron chi connectivity index (χ4n) is 3.53. The van der Waals surface area contributed by atoms with Gasteiger partial charge in [0, 0.05) is 19.0 Å². The summed E-state index contributed by atoms with van der Waals surface area (Å²) in [6.45, 7) is 1.63. The molecular formula is C20H24N4O4. The summed E-state index contributed by atoms with van der Waals surface area (Å²) in [4.78, 5) is 27.4. The summed E-state index contributed by atoms with van der Waals surface area (Å²) in [6.07, 6.45) is 3.73. The molecule has 1 aliphatic heterocycles. The number of hydrogen-bond acceptors (Lipinski definition) is 5. The number of ether oxygens (including phenoxy) is 2. The summed E-state index contributed by atoms with van der Waals surface area (Å²) in [7, 11) is 1.55. The molecule has 2 aliphatic rings. The van der Waals surface area contributed by atoms with Crippen molar-refractivity contribution in [2.75, 3.05) is 33.4 Å². The van der Waals surface area contributed by atoms with E-state index in [9.17, 15) is 9.59 Å². The van der Waals surface area contributed by atoms with Crippen LogP contribution in [-0.4, -0.2) is 66.4 Å². The molecule has 1 aromatic carbocycles. The van der Waals surface area contributed by atoms with E-state index in [-0.39, 0.29) is 17.9 Å². The van der Waals surface area contributed by atoms with Crippen LogP contribution in [-0.2, 0) is 4.74 Å². The van der Waals surface area contributed by atoms with Gasteiger partial charge in [0.15, 0.2) is 0 Å². The summed E-state index contributed by atoms with van der Waals surface area (Å²) in [5.74, 6) is 0.645. The molecule has 0 spiro atoms. The van der Waals surface area contributed by atoms with Crippen molar-refractivity contribution in [1.82, 2.24) is 20.4 Å². The Bertz CT molecular complexity index is 861. The molecule has 1 atom stereocenters. The van der Waals surface area contributed by atoms with E-state index in [2.05, 4.69) is 15.5 Å². The molecule has 8 heteroatoms. The zero-order valence-electron chi connectivity index (χ0n) is 15.8. The van der Waals surface area contributed by atoms with Crippen LogP contribution in [0.25, 0.3) is 0 Å². The van der Waals surface area contributed by atoms with Crippen molar-refractivity contribution in [3.8, 4) is 5.75 Å². The van der Waals surface area contributed by atoms with E-state index in [0.717, 1.165) is 18.5 Å². The van der Waals surface area contributed by atoms with E-state index >= 15 is 0 Å². The number of aromatic amines is 1. The van der Waals surface area contributed by atoms with Crippen molar-refractivity contribution < 1.29 is 19.1 Å². The van der Waals surface area contributed by atoms with Crippen molar-refractivity contribution in [3.63, 3.8) is 0 Å². The number of para-hydroxylation sites is 1. The minimum atomic E-state index is -0.244. The number of carbonyl (C=O) groups excluding carboxylic acids is 2. The van der Waals surface area contributed by atoms with Crippen molar-refractivity contribution in [2.45, 2.75) is 24.8 Å². The molecule has 1 unspecified atom stereocenters. The van der Waals surface area contributed by atoms with Gasteiger partial charge in [-0.25, -0.2) is 0 Å². The second-order valence-electron chi connectivity index (χ2n) is 7.11. The highest BCUT2D eigenvalue weighted by Gasteiger charge is 2.32. The summed E-state index contributed by atoms with van der Waals surface area (Å²) in [6, 6.07) is 6.91. The minimum Gasteiger partial charge on any atom is -0.496 e. The second-order valence-corrected chi connectivity index (χ2v) is 7.11. The zero-order chi connectivity index (χ0) is 19.5. The number of amides is 2. The van der Waals surface area contributed by atoms with E-state index in [1.165, 1.54) is 0 Å². The third-order valence-corrected chi connectivity index (χ3v) is 5.22. The predicted molar refractivity (Wildman–Crippen MR) is 102 cm³/mol. The van der Waals surface area contributed by atoms with Gasteiger partial charge in [0.25, 0.3) is 11.8 Å². The molecule has 2 heterocycles. The van der Waals surface area contributed by atoms with E-state index in [4.69, 9.17) is 9.47 Å². The predicted octanol–water partition coefficient (Wildman–Crippen LogP) is 1.57. The number of nitrogens with zero attached hydrogens (tertiary/aromatic N) is 2. The molecule has 1 aliphatic carbocycles. The Hall–Kier alpha value is -2.87. The first-order chi connectivity index (χ1) is 13.7. The fraction of sp³-hybridized carbons (Fsp3) is 0.450. The van der Waals surface area contributed by atoms with Gasteiger partial charge in [-0.15, -0.1) is 0 Å². The Kier molecular flexibility index (Phi) is 5.29. The fourth-order valence-corrected chi connectivity index (χ4v) is 3.53. The first-order valence-electron chi connectivity index (χ1n) is 9.52. The Balaban J connectivity index is 1.44. The van der Waals surface area contributed by atoms with Crippen LogP contribution in [0.2, 0.25) is 0 Å². The molecule has 2 amide bonds. The maximum Gasteiger partial charge on any atom is 0.258 e. The molecule has 4 rings (SSSR count). The molecule has 2 N–H and O–H groups in total. The highest BCUT2D eigenvalue weighted by molar-refractivity contribution is 5.97. The second kappa shape index (κ2) is 8.02. The summed E-state index contributed by atoms with van der Waals surface area (Å²) in [5.41, 5.74) is 2.00. The zero-order valence-corrected chi connectivity index (χ0v) is 15.8. The lowest BCUT2D eigenvalue weighted by Crippen LogP contribution is -2.53. The van der Waals surface area contributed by atoms with Crippen molar-refractivity contribution >= 4 is 11.8 Å². The smallest absolute Gasteiger partial charge is 0.258 e. The van der Waals surface area contributed by atoms with E-state index in [0.29, 0.717) is 49.1 Å². The summed E-state index contributed by atoms with van der Waals surface area (Å²) >= 11 is 0. The number of methoxy groups -OCH3 is 1. The maximum absolute atomic E-state index is 13.1. The average Bonchev–Trinajstić information content (AvgIpc) is 3.47. The third kappa shape index (κ3) is 3.73. The lowest BCUT2D eigenvalue weighted by Gasteiger charge is -2.36. The van der Waals surface area contributed by atoms with E-state index < -0.39 is 0 Å². The van der Waals surface area contributed by atoms with Crippen LogP contribution in [0, 0.1) is 0 Å². The SMILES string of the molecule is COc1ccccc1C(=O)N1CCOCC1CNC(=O)c1cn[nH]c1C1CC1. The van der Waals surface area contributed by atoms with Crippen LogP contribution in [0.3, 0.4) is 0 Å². The van der Waals surface area contributed by atoms with Gasteiger partial charge in [-0.1, -0.05) is 12.1 Å². The van der Waals surface area contributed by atoms with Crippen LogP contribution in [0.4, 0.5) is 0 Å². The van der Waals surface area contributed by atoms with Crippen LogP contribution < -0.4 is 10.1 Å². The average molecular weight is 384 g/mol. The number of nitrogens with one attached hydrogen (secondary N) is 2. The maximum atomic E-state index is 13.1. The standard InChI is InChI=1S/C20H24N4O4/c1-27-17-5-3-2-4-15(17)20(26)24-8-9-28-12-14(24)10-21-19(25)16-11-22-23-18(16)13-6-7-13/h2-5,11,13-14H,6-10,12H2,1H3,(H,21,25)(H,22,23). The molecule has 0 bridgehead atoms. The quantitative estimate of drug-likeness (QED) is 0.788. The van der Waals surface area contributed by atoms with Crippen molar-refractivity contribution in [2.24, 2.45) is 0 Å².